The molecule has 7 nitrogen and oxygen atoms in total. The molecule has 0 radical (unpaired) electrons. The highest BCUT2D eigenvalue weighted by Gasteiger charge is 2.17. The van der Waals surface area contributed by atoms with Gasteiger partial charge in [-0.15, -0.1) is 0 Å². The second-order valence-electron chi connectivity index (χ2n) is 7.29. The summed E-state index contributed by atoms with van der Waals surface area (Å²) in [6.07, 6.45) is 0. The van der Waals surface area contributed by atoms with Gasteiger partial charge in [0.25, 0.3) is 5.56 Å². The van der Waals surface area contributed by atoms with Crippen LogP contribution in [0, 0.1) is 11.6 Å². The third kappa shape index (κ3) is 5.60. The average molecular weight is 498 g/mol. The Kier molecular flexibility index (Phi) is 7.61. The van der Waals surface area contributed by atoms with Crippen LogP contribution in [0.5, 0.6) is 11.5 Å². The Labute approximate surface area is 203 Å². The molecule has 1 heterocycles. The molecule has 0 aliphatic rings. The maximum absolute atomic E-state index is 14.6. The van der Waals surface area contributed by atoms with E-state index in [0.717, 1.165) is 22.4 Å². The Bertz CT molecular complexity index is 1430. The molecule has 0 spiro atoms. The first-order valence-corrected chi connectivity index (χ1v) is 11.6. The first kappa shape index (κ1) is 24.2. The van der Waals surface area contributed by atoms with Crippen LogP contribution in [0.1, 0.15) is 0 Å². The summed E-state index contributed by atoms with van der Waals surface area (Å²) >= 11 is 0.971. The number of hydrogen-bond acceptors (Lipinski definition) is 6. The quantitative estimate of drug-likeness (QED) is 0.214. The lowest BCUT2D eigenvalue weighted by molar-refractivity contribution is -0.118. The number of rotatable bonds is 9. The minimum Gasteiger partial charge on any atom is -0.493 e. The number of para-hydroxylation sites is 3. The number of halogens is 2. The van der Waals surface area contributed by atoms with Crippen LogP contribution in [-0.2, 0) is 4.79 Å². The van der Waals surface area contributed by atoms with Crippen LogP contribution in [0.2, 0.25) is 0 Å². The van der Waals surface area contributed by atoms with Crippen molar-refractivity contribution in [3.05, 3.63) is 88.7 Å². The second-order valence-corrected chi connectivity index (χ2v) is 8.23. The Balaban J connectivity index is 1.47. The molecule has 0 unspecified atom stereocenters. The number of aromatic nitrogens is 2. The summed E-state index contributed by atoms with van der Waals surface area (Å²) in [4.78, 5) is 30.0. The van der Waals surface area contributed by atoms with E-state index < -0.39 is 17.2 Å². The predicted octanol–water partition coefficient (Wildman–Crippen LogP) is 3.96. The molecule has 4 rings (SSSR count). The minimum absolute atomic E-state index is 0.0811. The van der Waals surface area contributed by atoms with Crippen molar-refractivity contribution in [2.45, 2.75) is 5.16 Å². The summed E-state index contributed by atoms with van der Waals surface area (Å²) < 4.78 is 39.9. The lowest BCUT2D eigenvalue weighted by Crippen LogP contribution is -2.30. The molecule has 3 aromatic carbocycles. The standard InChI is InChI=1S/C25H21F2N3O4S/c1-33-21-8-4-5-9-22(21)34-13-12-28-23(31)15-35-25-29-19-7-3-2-6-17(19)24(32)30(25)20-11-10-16(26)14-18(20)27/h2-11,14H,12-13,15H2,1H3,(H,28,31). The van der Waals surface area contributed by atoms with Crippen LogP contribution in [0.4, 0.5) is 8.78 Å². The van der Waals surface area contributed by atoms with Crippen LogP contribution in [0.3, 0.4) is 0 Å². The van der Waals surface area contributed by atoms with Crippen LogP contribution >= 0.6 is 11.8 Å². The third-order valence-electron chi connectivity index (χ3n) is 4.98. The number of thioether (sulfide) groups is 1. The van der Waals surface area contributed by atoms with Gasteiger partial charge >= 0.3 is 0 Å². The Morgan fingerprint density at radius 3 is 2.57 bits per heavy atom. The number of amides is 1. The number of ether oxygens (including phenoxy) is 2. The van der Waals surface area contributed by atoms with Crippen molar-refractivity contribution in [2.24, 2.45) is 0 Å². The molecule has 1 N–H and O–H groups in total. The normalized spacial score (nSPS) is 10.8. The van der Waals surface area contributed by atoms with Gasteiger partial charge in [0.15, 0.2) is 16.7 Å². The van der Waals surface area contributed by atoms with Crippen LogP contribution < -0.4 is 20.3 Å². The van der Waals surface area contributed by atoms with Gasteiger partial charge in [0.2, 0.25) is 5.91 Å². The number of methoxy groups -OCH3 is 1. The highest BCUT2D eigenvalue weighted by atomic mass is 32.2. The molecule has 0 saturated carbocycles. The van der Waals surface area contributed by atoms with Gasteiger partial charge in [0.1, 0.15) is 18.2 Å². The summed E-state index contributed by atoms with van der Waals surface area (Å²) in [5, 5.41) is 3.11. The summed E-state index contributed by atoms with van der Waals surface area (Å²) in [6.45, 7) is 0.457. The lowest BCUT2D eigenvalue weighted by Gasteiger charge is -2.14. The third-order valence-corrected chi connectivity index (χ3v) is 5.92. The summed E-state index contributed by atoms with van der Waals surface area (Å²) in [5.41, 5.74) is -0.263. The number of carbonyl (C=O) groups excluding carboxylic acids is 1. The molecule has 0 saturated heterocycles. The van der Waals surface area contributed by atoms with Gasteiger partial charge in [0.05, 0.1) is 36.0 Å². The molecule has 0 aliphatic carbocycles. The fraction of sp³-hybridized carbons (Fsp3) is 0.160. The van der Waals surface area contributed by atoms with E-state index >= 15 is 0 Å². The molecule has 0 fully saturated rings. The van der Waals surface area contributed by atoms with E-state index in [-0.39, 0.29) is 41.0 Å². The summed E-state index contributed by atoms with van der Waals surface area (Å²) in [5.74, 6) is -0.942. The van der Waals surface area contributed by atoms with E-state index in [4.69, 9.17) is 9.47 Å². The fourth-order valence-corrected chi connectivity index (χ4v) is 4.19. The summed E-state index contributed by atoms with van der Waals surface area (Å²) in [6, 6.07) is 16.7. The zero-order chi connectivity index (χ0) is 24.8. The molecule has 10 heteroatoms. The van der Waals surface area contributed by atoms with E-state index in [9.17, 15) is 18.4 Å². The number of hydrogen-bond donors (Lipinski definition) is 1. The van der Waals surface area contributed by atoms with Crippen molar-refractivity contribution >= 4 is 28.6 Å². The smallest absolute Gasteiger partial charge is 0.266 e. The number of benzene rings is 3. The Morgan fingerprint density at radius 2 is 1.80 bits per heavy atom. The van der Waals surface area contributed by atoms with E-state index in [1.807, 2.05) is 12.1 Å². The number of carbonyl (C=O) groups is 1. The van der Waals surface area contributed by atoms with Crippen LogP contribution in [0.15, 0.2) is 76.7 Å². The Morgan fingerprint density at radius 1 is 1.06 bits per heavy atom. The van der Waals surface area contributed by atoms with Gasteiger partial charge in [-0.05, 0) is 36.4 Å². The monoisotopic (exact) mass is 497 g/mol. The van der Waals surface area contributed by atoms with Crippen molar-refractivity contribution in [1.82, 2.24) is 14.9 Å². The van der Waals surface area contributed by atoms with E-state index in [0.29, 0.717) is 23.1 Å². The average Bonchev–Trinajstić information content (AvgIpc) is 2.86. The zero-order valence-electron chi connectivity index (χ0n) is 18.7. The predicted molar refractivity (Wildman–Crippen MR) is 129 cm³/mol. The van der Waals surface area contributed by atoms with E-state index in [2.05, 4.69) is 10.3 Å². The van der Waals surface area contributed by atoms with Crippen molar-refractivity contribution in [3.63, 3.8) is 0 Å². The van der Waals surface area contributed by atoms with Crippen molar-refractivity contribution in [2.75, 3.05) is 26.0 Å². The van der Waals surface area contributed by atoms with Gasteiger partial charge in [-0.1, -0.05) is 36.0 Å². The van der Waals surface area contributed by atoms with Gasteiger partial charge in [0, 0.05) is 6.07 Å². The molecule has 0 bridgehead atoms. The van der Waals surface area contributed by atoms with Crippen molar-refractivity contribution < 1.29 is 23.0 Å². The van der Waals surface area contributed by atoms with Crippen molar-refractivity contribution in [1.29, 1.82) is 0 Å². The van der Waals surface area contributed by atoms with Gasteiger partial charge in [-0.3, -0.25) is 14.2 Å². The number of nitrogens with one attached hydrogen (secondary N) is 1. The first-order chi connectivity index (χ1) is 17.0. The van der Waals surface area contributed by atoms with Gasteiger partial charge < -0.3 is 14.8 Å². The zero-order valence-corrected chi connectivity index (χ0v) is 19.5. The van der Waals surface area contributed by atoms with Gasteiger partial charge in [-0.2, -0.15) is 0 Å². The molecule has 180 valence electrons. The first-order valence-electron chi connectivity index (χ1n) is 10.6. The largest absolute Gasteiger partial charge is 0.493 e. The SMILES string of the molecule is COc1ccccc1OCCNC(=O)CSc1nc2ccccc2c(=O)n1-c1ccc(F)cc1F. The maximum Gasteiger partial charge on any atom is 0.266 e. The molecule has 0 atom stereocenters. The Hall–Kier alpha value is -3.92. The lowest BCUT2D eigenvalue weighted by atomic mass is 10.2. The molecule has 1 aromatic heterocycles. The molecule has 35 heavy (non-hydrogen) atoms. The highest BCUT2D eigenvalue weighted by molar-refractivity contribution is 7.99. The fourth-order valence-electron chi connectivity index (χ4n) is 3.35. The van der Waals surface area contributed by atoms with E-state index in [1.54, 1.807) is 43.5 Å². The number of nitrogens with zero attached hydrogens (tertiary/aromatic N) is 2. The van der Waals surface area contributed by atoms with E-state index in [1.165, 1.54) is 6.07 Å². The second kappa shape index (κ2) is 11.0. The van der Waals surface area contributed by atoms with Crippen molar-refractivity contribution in [3.8, 4) is 17.2 Å². The molecule has 1 amide bonds. The molecular weight excluding hydrogens is 476 g/mol. The molecule has 0 aliphatic heterocycles. The molecule has 4 aromatic rings. The summed E-state index contributed by atoms with van der Waals surface area (Å²) in [7, 11) is 1.54. The topological polar surface area (TPSA) is 82.5 Å². The molecular formula is C25H21F2N3O4S. The maximum atomic E-state index is 14.6. The number of fused-ring (bicyclic) bond motifs is 1. The van der Waals surface area contributed by atoms with Crippen LogP contribution in [0.25, 0.3) is 16.6 Å². The highest BCUT2D eigenvalue weighted by Crippen LogP contribution is 2.26. The van der Waals surface area contributed by atoms with Crippen LogP contribution in [-0.4, -0.2) is 41.5 Å². The minimum atomic E-state index is -0.913. The van der Waals surface area contributed by atoms with Gasteiger partial charge in [-0.25, -0.2) is 13.8 Å².